The van der Waals surface area contributed by atoms with Gasteiger partial charge < -0.3 is 10.1 Å². The lowest BCUT2D eigenvalue weighted by Crippen LogP contribution is -2.27. The molecule has 1 aromatic carbocycles. The predicted octanol–water partition coefficient (Wildman–Crippen LogP) is 3.85. The molecular weight excluding hydrogens is 234 g/mol. The van der Waals surface area contributed by atoms with Crippen LogP contribution in [0.5, 0.6) is 5.75 Å². The molecule has 1 N–H and O–H groups in total. The molecule has 19 heavy (non-hydrogen) atoms. The number of hydrogen-bond acceptors (Lipinski definition) is 2. The molecule has 1 aromatic rings. The average Bonchev–Trinajstić information content (AvgIpc) is 2.39. The molecular formula is C17H27NO. The summed E-state index contributed by atoms with van der Waals surface area (Å²) in [5.74, 6) is 1.73. The number of piperidine rings is 1. The predicted molar refractivity (Wildman–Crippen MR) is 81.2 cm³/mol. The van der Waals surface area contributed by atoms with Gasteiger partial charge in [0.05, 0.1) is 6.61 Å². The van der Waals surface area contributed by atoms with Crippen molar-refractivity contribution in [2.75, 3.05) is 19.7 Å². The average molecular weight is 261 g/mol. The van der Waals surface area contributed by atoms with Gasteiger partial charge in [0.1, 0.15) is 5.75 Å². The Labute approximate surface area is 117 Å². The van der Waals surface area contributed by atoms with Gasteiger partial charge in [-0.2, -0.15) is 0 Å². The van der Waals surface area contributed by atoms with Crippen LogP contribution in [0.2, 0.25) is 0 Å². The van der Waals surface area contributed by atoms with Crippen LogP contribution in [-0.2, 0) is 5.41 Å². The van der Waals surface area contributed by atoms with Crippen molar-refractivity contribution in [3.8, 4) is 5.75 Å². The van der Waals surface area contributed by atoms with Crippen LogP contribution in [-0.4, -0.2) is 19.7 Å². The Bertz CT molecular complexity index is 414. The first-order valence-corrected chi connectivity index (χ1v) is 7.50. The van der Waals surface area contributed by atoms with Gasteiger partial charge >= 0.3 is 0 Å². The highest BCUT2D eigenvalue weighted by Crippen LogP contribution is 2.36. The zero-order chi connectivity index (χ0) is 13.9. The molecule has 1 aliphatic rings. The van der Waals surface area contributed by atoms with Crippen molar-refractivity contribution in [2.24, 2.45) is 0 Å². The van der Waals surface area contributed by atoms with Crippen molar-refractivity contribution >= 4 is 0 Å². The summed E-state index contributed by atoms with van der Waals surface area (Å²) >= 11 is 0. The first kappa shape index (κ1) is 14.4. The highest BCUT2D eigenvalue weighted by molar-refractivity contribution is 5.42. The van der Waals surface area contributed by atoms with Gasteiger partial charge in [-0.1, -0.05) is 32.9 Å². The summed E-state index contributed by atoms with van der Waals surface area (Å²) in [5.41, 5.74) is 3.02. The fourth-order valence-corrected chi connectivity index (χ4v) is 2.75. The quantitative estimate of drug-likeness (QED) is 0.892. The Hall–Kier alpha value is -1.02. The van der Waals surface area contributed by atoms with E-state index in [1.807, 2.05) is 0 Å². The van der Waals surface area contributed by atoms with E-state index in [1.54, 1.807) is 0 Å². The van der Waals surface area contributed by atoms with Crippen molar-refractivity contribution in [1.29, 1.82) is 0 Å². The fourth-order valence-electron chi connectivity index (χ4n) is 2.75. The monoisotopic (exact) mass is 261 g/mol. The van der Waals surface area contributed by atoms with Crippen molar-refractivity contribution in [3.05, 3.63) is 29.3 Å². The summed E-state index contributed by atoms with van der Waals surface area (Å²) in [6.07, 6.45) is 2.43. The van der Waals surface area contributed by atoms with E-state index in [0.29, 0.717) is 5.92 Å². The molecule has 0 aromatic heterocycles. The van der Waals surface area contributed by atoms with Crippen molar-refractivity contribution < 1.29 is 4.74 Å². The molecule has 1 heterocycles. The van der Waals surface area contributed by atoms with Crippen LogP contribution < -0.4 is 10.1 Å². The van der Waals surface area contributed by atoms with E-state index >= 15 is 0 Å². The summed E-state index contributed by atoms with van der Waals surface area (Å²) in [6, 6.07) is 6.76. The number of hydrogen-bond donors (Lipinski definition) is 1. The van der Waals surface area contributed by atoms with Gasteiger partial charge in [0, 0.05) is 0 Å². The van der Waals surface area contributed by atoms with Gasteiger partial charge in [-0.25, -0.2) is 0 Å². The second-order valence-electron chi connectivity index (χ2n) is 6.46. The van der Waals surface area contributed by atoms with E-state index < -0.39 is 0 Å². The van der Waals surface area contributed by atoms with Crippen molar-refractivity contribution in [3.63, 3.8) is 0 Å². The lowest BCUT2D eigenvalue weighted by atomic mass is 9.82. The summed E-state index contributed by atoms with van der Waals surface area (Å²) in [7, 11) is 0. The molecule has 1 saturated heterocycles. The highest BCUT2D eigenvalue weighted by atomic mass is 16.5. The minimum atomic E-state index is 0.201. The normalized spacial score (nSPS) is 17.5. The Kier molecular flexibility index (Phi) is 4.51. The van der Waals surface area contributed by atoms with Gasteiger partial charge in [-0.15, -0.1) is 0 Å². The maximum atomic E-state index is 5.84. The lowest BCUT2D eigenvalue weighted by Gasteiger charge is -2.27. The van der Waals surface area contributed by atoms with Gasteiger partial charge in [0.2, 0.25) is 0 Å². The number of benzene rings is 1. The van der Waals surface area contributed by atoms with Crippen LogP contribution in [0.3, 0.4) is 0 Å². The number of rotatable bonds is 3. The highest BCUT2D eigenvalue weighted by Gasteiger charge is 2.22. The van der Waals surface area contributed by atoms with Crippen LogP contribution in [0, 0.1) is 0 Å². The SMILES string of the molecule is CCOc1ccc(C(C)(C)C)cc1C1CCNCC1. The summed E-state index contributed by atoms with van der Waals surface area (Å²) in [4.78, 5) is 0. The minimum absolute atomic E-state index is 0.201. The largest absolute Gasteiger partial charge is 0.494 e. The van der Waals surface area contributed by atoms with E-state index in [1.165, 1.54) is 24.0 Å². The molecule has 0 radical (unpaired) electrons. The van der Waals surface area contributed by atoms with Crippen LogP contribution >= 0.6 is 0 Å². The summed E-state index contributed by atoms with van der Waals surface area (Å²) < 4.78 is 5.84. The first-order chi connectivity index (χ1) is 9.02. The molecule has 0 bridgehead atoms. The van der Waals surface area contributed by atoms with Gasteiger partial charge in [-0.05, 0) is 61.4 Å². The van der Waals surface area contributed by atoms with Crippen LogP contribution in [0.25, 0.3) is 0 Å². The van der Waals surface area contributed by atoms with Crippen LogP contribution in [0.15, 0.2) is 18.2 Å². The zero-order valence-electron chi connectivity index (χ0n) is 12.8. The Morgan fingerprint density at radius 3 is 2.47 bits per heavy atom. The molecule has 0 spiro atoms. The molecule has 1 aliphatic heterocycles. The maximum Gasteiger partial charge on any atom is 0.122 e. The fraction of sp³-hybridized carbons (Fsp3) is 0.647. The molecule has 2 rings (SSSR count). The van der Waals surface area contributed by atoms with Crippen LogP contribution in [0.4, 0.5) is 0 Å². The number of ether oxygens (including phenoxy) is 1. The first-order valence-electron chi connectivity index (χ1n) is 7.50. The van der Waals surface area contributed by atoms with E-state index in [-0.39, 0.29) is 5.41 Å². The van der Waals surface area contributed by atoms with Gasteiger partial charge in [-0.3, -0.25) is 0 Å². The van der Waals surface area contributed by atoms with E-state index in [0.717, 1.165) is 25.4 Å². The second-order valence-corrected chi connectivity index (χ2v) is 6.46. The molecule has 2 nitrogen and oxygen atoms in total. The molecule has 2 heteroatoms. The van der Waals surface area contributed by atoms with E-state index in [2.05, 4.69) is 51.2 Å². The number of nitrogens with one attached hydrogen (secondary N) is 1. The van der Waals surface area contributed by atoms with E-state index in [9.17, 15) is 0 Å². The van der Waals surface area contributed by atoms with Crippen molar-refractivity contribution in [1.82, 2.24) is 5.32 Å². The van der Waals surface area contributed by atoms with Gasteiger partial charge in [0.15, 0.2) is 0 Å². The van der Waals surface area contributed by atoms with E-state index in [4.69, 9.17) is 4.74 Å². The Morgan fingerprint density at radius 1 is 1.21 bits per heavy atom. The maximum absolute atomic E-state index is 5.84. The molecule has 0 atom stereocenters. The third kappa shape index (κ3) is 3.50. The van der Waals surface area contributed by atoms with Gasteiger partial charge in [0.25, 0.3) is 0 Å². The Balaban J connectivity index is 2.35. The molecule has 0 saturated carbocycles. The molecule has 0 amide bonds. The third-order valence-corrected chi connectivity index (χ3v) is 3.95. The molecule has 1 fully saturated rings. The zero-order valence-corrected chi connectivity index (χ0v) is 12.8. The third-order valence-electron chi connectivity index (χ3n) is 3.95. The smallest absolute Gasteiger partial charge is 0.122 e. The minimum Gasteiger partial charge on any atom is -0.494 e. The second kappa shape index (κ2) is 5.96. The lowest BCUT2D eigenvalue weighted by molar-refractivity contribution is 0.329. The van der Waals surface area contributed by atoms with Crippen LogP contribution in [0.1, 0.15) is 57.6 Å². The standard InChI is InChI=1S/C17H27NO/c1-5-19-16-7-6-14(17(2,3)4)12-15(16)13-8-10-18-11-9-13/h6-7,12-13,18H,5,8-11H2,1-4H3. The Morgan fingerprint density at radius 2 is 1.89 bits per heavy atom. The molecule has 0 aliphatic carbocycles. The van der Waals surface area contributed by atoms with Crippen molar-refractivity contribution in [2.45, 2.75) is 51.9 Å². The molecule has 0 unspecified atom stereocenters. The summed E-state index contributed by atoms with van der Waals surface area (Å²) in [5, 5.41) is 3.44. The summed E-state index contributed by atoms with van der Waals surface area (Å²) in [6.45, 7) is 11.9. The topological polar surface area (TPSA) is 21.3 Å². The molecule has 106 valence electrons.